The molecule has 1 unspecified atom stereocenters. The van der Waals surface area contributed by atoms with Gasteiger partial charge >= 0.3 is 5.97 Å². The van der Waals surface area contributed by atoms with E-state index in [1.165, 1.54) is 6.42 Å². The number of hydrogen-bond donors (Lipinski definition) is 2. The first-order valence-corrected chi connectivity index (χ1v) is 11.8. The summed E-state index contributed by atoms with van der Waals surface area (Å²) in [5.41, 5.74) is 10.3. The minimum absolute atomic E-state index is 0.107. The van der Waals surface area contributed by atoms with Gasteiger partial charge in [0, 0.05) is 41.5 Å². The first-order chi connectivity index (χ1) is 16.4. The van der Waals surface area contributed by atoms with Crippen molar-refractivity contribution in [3.63, 3.8) is 0 Å². The zero-order valence-electron chi connectivity index (χ0n) is 19.5. The minimum atomic E-state index is -0.907. The van der Waals surface area contributed by atoms with E-state index in [0.717, 1.165) is 42.7 Å². The summed E-state index contributed by atoms with van der Waals surface area (Å²) in [6.45, 7) is 3.96. The van der Waals surface area contributed by atoms with E-state index in [1.807, 2.05) is 24.3 Å². The van der Waals surface area contributed by atoms with E-state index >= 15 is 4.39 Å². The lowest BCUT2D eigenvalue weighted by molar-refractivity contribution is -0.136. The molecule has 3 aromatic rings. The molecule has 0 bridgehead atoms. The van der Waals surface area contributed by atoms with Gasteiger partial charge in [-0.15, -0.1) is 0 Å². The van der Waals surface area contributed by atoms with Crippen LogP contribution < -0.4 is 15.4 Å². The quantitative estimate of drug-likeness (QED) is 0.449. The molecule has 3 N–H and O–H groups in total. The summed E-state index contributed by atoms with van der Waals surface area (Å²) < 4.78 is 21.4. The molecule has 0 aliphatic carbocycles. The number of rotatable bonds is 8. The van der Waals surface area contributed by atoms with Gasteiger partial charge in [0.1, 0.15) is 18.2 Å². The van der Waals surface area contributed by atoms with Gasteiger partial charge in [0.25, 0.3) is 0 Å². The maximum Gasteiger partial charge on any atom is 0.307 e. The van der Waals surface area contributed by atoms with E-state index in [-0.39, 0.29) is 18.8 Å². The Bertz CT molecular complexity index is 1160. The van der Waals surface area contributed by atoms with Gasteiger partial charge in [0.2, 0.25) is 0 Å². The summed E-state index contributed by atoms with van der Waals surface area (Å²) in [7, 11) is 0. The normalized spacial score (nSPS) is 14.6. The number of halogens is 1. The van der Waals surface area contributed by atoms with Gasteiger partial charge in [0.15, 0.2) is 0 Å². The van der Waals surface area contributed by atoms with Crippen LogP contribution in [0.3, 0.4) is 0 Å². The van der Waals surface area contributed by atoms with Crippen molar-refractivity contribution in [1.29, 1.82) is 0 Å². The Kier molecular flexibility index (Phi) is 7.48. The van der Waals surface area contributed by atoms with Gasteiger partial charge in [-0.1, -0.05) is 36.4 Å². The van der Waals surface area contributed by atoms with Crippen LogP contribution in [0.15, 0.2) is 60.7 Å². The Labute approximate surface area is 200 Å². The monoisotopic (exact) mass is 462 g/mol. The molecule has 5 nitrogen and oxygen atoms in total. The Morgan fingerprint density at radius 3 is 2.59 bits per heavy atom. The number of carboxylic acids is 1. The molecular weight excluding hydrogens is 431 g/mol. The van der Waals surface area contributed by atoms with Crippen molar-refractivity contribution in [1.82, 2.24) is 0 Å². The highest BCUT2D eigenvalue weighted by Gasteiger charge is 2.17. The lowest BCUT2D eigenvalue weighted by atomic mass is 9.97. The van der Waals surface area contributed by atoms with Crippen molar-refractivity contribution < 1.29 is 19.0 Å². The van der Waals surface area contributed by atoms with E-state index in [2.05, 4.69) is 11.0 Å². The smallest absolute Gasteiger partial charge is 0.307 e. The second-order valence-electron chi connectivity index (χ2n) is 8.90. The Morgan fingerprint density at radius 2 is 1.85 bits per heavy atom. The molecule has 0 radical (unpaired) electrons. The lowest BCUT2D eigenvalue weighted by Crippen LogP contribution is -2.29. The van der Waals surface area contributed by atoms with Crippen LogP contribution in [0.5, 0.6) is 5.75 Å². The van der Waals surface area contributed by atoms with Gasteiger partial charge in [-0.25, -0.2) is 4.39 Å². The number of anilines is 1. The second kappa shape index (κ2) is 10.7. The van der Waals surface area contributed by atoms with Gasteiger partial charge in [-0.3, -0.25) is 4.79 Å². The SMILES string of the molecule is CC(N)c1cccc(-c2cc(COc3ccccc3CC(=O)O)cc(N3CCCCC3)c2)c1F. The molecule has 0 saturated carbocycles. The third-order valence-electron chi connectivity index (χ3n) is 6.24. The molecular formula is C28H31FN2O3. The molecule has 0 amide bonds. The molecule has 4 rings (SSSR count). The zero-order valence-corrected chi connectivity index (χ0v) is 19.5. The average molecular weight is 463 g/mol. The summed E-state index contributed by atoms with van der Waals surface area (Å²) >= 11 is 0. The van der Waals surface area contributed by atoms with Gasteiger partial charge in [0.05, 0.1) is 6.42 Å². The molecule has 1 aliphatic rings. The van der Waals surface area contributed by atoms with Crippen LogP contribution in [0.2, 0.25) is 0 Å². The van der Waals surface area contributed by atoms with Crippen molar-refractivity contribution in [2.24, 2.45) is 5.73 Å². The van der Waals surface area contributed by atoms with E-state index in [9.17, 15) is 9.90 Å². The second-order valence-corrected chi connectivity index (χ2v) is 8.90. The van der Waals surface area contributed by atoms with Crippen molar-refractivity contribution in [3.8, 4) is 16.9 Å². The number of aliphatic carboxylic acids is 1. The number of nitrogens with two attached hydrogens (primary N) is 1. The van der Waals surface area contributed by atoms with Crippen LogP contribution in [0, 0.1) is 5.82 Å². The number of carbonyl (C=O) groups is 1. The topological polar surface area (TPSA) is 75.8 Å². The Balaban J connectivity index is 1.69. The van der Waals surface area contributed by atoms with Crippen LogP contribution in [0.4, 0.5) is 10.1 Å². The van der Waals surface area contributed by atoms with Crippen LogP contribution >= 0.6 is 0 Å². The summed E-state index contributed by atoms with van der Waals surface area (Å²) in [6, 6.07) is 18.2. The molecule has 0 aromatic heterocycles. The van der Waals surface area contributed by atoms with Crippen LogP contribution in [-0.4, -0.2) is 24.2 Å². The Morgan fingerprint density at radius 1 is 1.09 bits per heavy atom. The van der Waals surface area contributed by atoms with Crippen LogP contribution in [0.25, 0.3) is 11.1 Å². The molecule has 3 aromatic carbocycles. The maximum absolute atomic E-state index is 15.4. The molecule has 1 saturated heterocycles. The summed E-state index contributed by atoms with van der Waals surface area (Å²) in [6.07, 6.45) is 3.38. The molecule has 178 valence electrons. The van der Waals surface area contributed by atoms with Crippen LogP contribution in [-0.2, 0) is 17.8 Å². The fourth-order valence-corrected chi connectivity index (χ4v) is 4.49. The van der Waals surface area contributed by atoms with Gasteiger partial charge in [-0.2, -0.15) is 0 Å². The number of piperidine rings is 1. The van der Waals surface area contributed by atoms with Crippen molar-refractivity contribution in [2.45, 2.75) is 45.3 Å². The largest absolute Gasteiger partial charge is 0.489 e. The van der Waals surface area contributed by atoms with Crippen molar-refractivity contribution in [3.05, 3.63) is 83.2 Å². The van der Waals surface area contributed by atoms with E-state index < -0.39 is 12.0 Å². The minimum Gasteiger partial charge on any atom is -0.489 e. The first-order valence-electron chi connectivity index (χ1n) is 11.8. The predicted molar refractivity (Wildman–Crippen MR) is 133 cm³/mol. The van der Waals surface area contributed by atoms with Crippen molar-refractivity contribution >= 4 is 11.7 Å². The summed E-state index contributed by atoms with van der Waals surface area (Å²) in [5.74, 6) is -0.665. The zero-order chi connectivity index (χ0) is 24.1. The van der Waals surface area contributed by atoms with Gasteiger partial charge in [-0.05, 0) is 61.6 Å². The summed E-state index contributed by atoms with van der Waals surface area (Å²) in [4.78, 5) is 13.6. The summed E-state index contributed by atoms with van der Waals surface area (Å²) in [5, 5.41) is 9.20. The Hall–Kier alpha value is -3.38. The number of benzene rings is 3. The molecule has 1 heterocycles. The number of hydrogen-bond acceptors (Lipinski definition) is 4. The van der Waals surface area contributed by atoms with E-state index in [0.29, 0.717) is 22.4 Å². The van der Waals surface area contributed by atoms with Crippen LogP contribution in [0.1, 0.15) is 48.9 Å². The molecule has 6 heteroatoms. The third-order valence-corrected chi connectivity index (χ3v) is 6.24. The van der Waals surface area contributed by atoms with Gasteiger partial charge < -0.3 is 20.5 Å². The molecule has 0 spiro atoms. The highest BCUT2D eigenvalue weighted by Crippen LogP contribution is 2.33. The fourth-order valence-electron chi connectivity index (χ4n) is 4.49. The number of carboxylic acid groups (broad SMARTS) is 1. The molecule has 1 atom stereocenters. The molecule has 34 heavy (non-hydrogen) atoms. The van der Waals surface area contributed by atoms with Crippen molar-refractivity contribution in [2.75, 3.05) is 18.0 Å². The number of ether oxygens (including phenoxy) is 1. The predicted octanol–water partition coefficient (Wildman–Crippen LogP) is 5.71. The number of nitrogens with zero attached hydrogens (tertiary/aromatic N) is 1. The standard InChI is InChI=1S/C28H31FN2O3/c1-19(30)24-9-7-10-25(28(24)29)22-14-20(15-23(16-22)31-12-5-2-6-13-31)18-34-26-11-4-3-8-21(26)17-27(32)33/h3-4,7-11,14-16,19H,2,5-6,12-13,17-18,30H2,1H3,(H,32,33). The third kappa shape index (κ3) is 5.57. The van der Waals surface area contributed by atoms with E-state index in [1.54, 1.807) is 37.3 Å². The maximum atomic E-state index is 15.4. The highest BCUT2D eigenvalue weighted by molar-refractivity contribution is 5.72. The average Bonchev–Trinajstić information content (AvgIpc) is 2.83. The molecule has 1 fully saturated rings. The fraction of sp³-hybridized carbons (Fsp3) is 0.321. The van der Waals surface area contributed by atoms with E-state index in [4.69, 9.17) is 10.5 Å². The lowest BCUT2D eigenvalue weighted by Gasteiger charge is -2.30. The number of para-hydroxylation sites is 1. The first kappa shape index (κ1) is 23.8. The highest BCUT2D eigenvalue weighted by atomic mass is 19.1. The molecule has 1 aliphatic heterocycles.